The molecule has 1 aromatic rings. The molecule has 0 bridgehead atoms. The minimum atomic E-state index is -0.173. The standard InChI is InChI=1S/C14H20O3/c1-4-17-11(2)13-7-5-6-12(10-13)8-9-14(15)16-3/h5-7,10-11H,4,8-9H2,1-3H3. The molecule has 0 fully saturated rings. The summed E-state index contributed by atoms with van der Waals surface area (Å²) in [6, 6.07) is 8.15. The normalized spacial score (nSPS) is 12.2. The molecule has 0 saturated heterocycles. The first kappa shape index (κ1) is 13.7. The number of rotatable bonds is 6. The van der Waals surface area contributed by atoms with E-state index in [0.29, 0.717) is 19.4 Å². The number of hydrogen-bond acceptors (Lipinski definition) is 3. The summed E-state index contributed by atoms with van der Waals surface area (Å²) < 4.78 is 10.2. The predicted octanol–water partition coefficient (Wildman–Crippen LogP) is 2.89. The van der Waals surface area contributed by atoms with Crippen LogP contribution in [0.15, 0.2) is 24.3 Å². The maximum Gasteiger partial charge on any atom is 0.305 e. The van der Waals surface area contributed by atoms with Gasteiger partial charge < -0.3 is 9.47 Å². The van der Waals surface area contributed by atoms with Crippen LogP contribution in [0.5, 0.6) is 0 Å². The molecule has 1 unspecified atom stereocenters. The number of methoxy groups -OCH3 is 1. The zero-order valence-corrected chi connectivity index (χ0v) is 10.7. The number of ether oxygens (including phenoxy) is 2. The molecule has 3 nitrogen and oxygen atoms in total. The van der Waals surface area contributed by atoms with Crippen molar-refractivity contribution in [3.8, 4) is 0 Å². The third kappa shape index (κ3) is 4.57. The lowest BCUT2D eigenvalue weighted by Gasteiger charge is -2.13. The van der Waals surface area contributed by atoms with Crippen molar-refractivity contribution >= 4 is 5.97 Å². The van der Waals surface area contributed by atoms with Crippen LogP contribution in [-0.4, -0.2) is 19.7 Å². The number of aryl methyl sites for hydroxylation is 1. The van der Waals surface area contributed by atoms with Crippen LogP contribution in [0.2, 0.25) is 0 Å². The van der Waals surface area contributed by atoms with Crippen molar-refractivity contribution in [1.82, 2.24) is 0 Å². The van der Waals surface area contributed by atoms with Gasteiger partial charge in [-0.2, -0.15) is 0 Å². The van der Waals surface area contributed by atoms with Crippen LogP contribution in [0, 0.1) is 0 Å². The molecule has 3 heteroatoms. The fourth-order valence-corrected chi connectivity index (χ4v) is 1.70. The minimum absolute atomic E-state index is 0.0954. The van der Waals surface area contributed by atoms with E-state index in [9.17, 15) is 4.79 Å². The second-order valence-electron chi connectivity index (χ2n) is 3.92. The first-order valence-corrected chi connectivity index (χ1v) is 5.94. The Balaban J connectivity index is 2.62. The van der Waals surface area contributed by atoms with Gasteiger partial charge in [-0.15, -0.1) is 0 Å². The molecule has 0 aliphatic heterocycles. The van der Waals surface area contributed by atoms with E-state index in [4.69, 9.17) is 4.74 Å². The highest BCUT2D eigenvalue weighted by molar-refractivity contribution is 5.69. The SMILES string of the molecule is CCOC(C)c1cccc(CCC(=O)OC)c1. The average molecular weight is 236 g/mol. The highest BCUT2D eigenvalue weighted by Gasteiger charge is 2.06. The van der Waals surface area contributed by atoms with Gasteiger partial charge >= 0.3 is 5.97 Å². The molecule has 0 aromatic heterocycles. The summed E-state index contributed by atoms with van der Waals surface area (Å²) in [4.78, 5) is 11.1. The number of benzene rings is 1. The third-order valence-electron chi connectivity index (χ3n) is 2.68. The number of esters is 1. The van der Waals surface area contributed by atoms with E-state index >= 15 is 0 Å². The van der Waals surface area contributed by atoms with Gasteiger partial charge in [0, 0.05) is 13.0 Å². The number of hydrogen-bond donors (Lipinski definition) is 0. The quantitative estimate of drug-likeness (QED) is 0.712. The lowest BCUT2D eigenvalue weighted by molar-refractivity contribution is -0.140. The molecule has 0 aliphatic carbocycles. The van der Waals surface area contributed by atoms with Crippen molar-refractivity contribution in [1.29, 1.82) is 0 Å². The second-order valence-corrected chi connectivity index (χ2v) is 3.92. The second kappa shape index (κ2) is 7.07. The van der Waals surface area contributed by atoms with Gasteiger partial charge in [0.15, 0.2) is 0 Å². The van der Waals surface area contributed by atoms with E-state index < -0.39 is 0 Å². The third-order valence-corrected chi connectivity index (χ3v) is 2.68. The molecule has 0 spiro atoms. The molecule has 0 heterocycles. The maximum atomic E-state index is 11.1. The van der Waals surface area contributed by atoms with E-state index in [1.807, 2.05) is 32.0 Å². The number of carbonyl (C=O) groups excluding carboxylic acids is 1. The van der Waals surface area contributed by atoms with Crippen LogP contribution in [0.4, 0.5) is 0 Å². The minimum Gasteiger partial charge on any atom is -0.469 e. The van der Waals surface area contributed by atoms with Crippen molar-refractivity contribution in [2.45, 2.75) is 32.8 Å². The van der Waals surface area contributed by atoms with Crippen LogP contribution in [0.3, 0.4) is 0 Å². The van der Waals surface area contributed by atoms with Gasteiger partial charge in [-0.1, -0.05) is 24.3 Å². The zero-order valence-electron chi connectivity index (χ0n) is 10.7. The molecule has 1 aromatic carbocycles. The monoisotopic (exact) mass is 236 g/mol. The molecule has 94 valence electrons. The Kier molecular flexibility index (Phi) is 5.70. The molecule has 1 rings (SSSR count). The average Bonchev–Trinajstić information content (AvgIpc) is 2.36. The molecule has 0 N–H and O–H groups in total. The molecule has 0 saturated carbocycles. The van der Waals surface area contributed by atoms with Gasteiger partial charge in [0.25, 0.3) is 0 Å². The smallest absolute Gasteiger partial charge is 0.305 e. The van der Waals surface area contributed by atoms with Crippen molar-refractivity contribution in [3.63, 3.8) is 0 Å². The van der Waals surface area contributed by atoms with E-state index in [1.165, 1.54) is 7.11 Å². The van der Waals surface area contributed by atoms with Gasteiger partial charge in [-0.3, -0.25) is 4.79 Å². The van der Waals surface area contributed by atoms with Gasteiger partial charge in [-0.05, 0) is 31.4 Å². The molecule has 1 atom stereocenters. The lowest BCUT2D eigenvalue weighted by atomic mass is 10.0. The molecule has 0 aliphatic rings. The van der Waals surface area contributed by atoms with Gasteiger partial charge in [-0.25, -0.2) is 0 Å². The fraction of sp³-hybridized carbons (Fsp3) is 0.500. The Hall–Kier alpha value is -1.35. The molecule has 0 radical (unpaired) electrons. The predicted molar refractivity (Wildman–Crippen MR) is 66.8 cm³/mol. The topological polar surface area (TPSA) is 35.5 Å². The Labute approximate surface area is 103 Å². The summed E-state index contributed by atoms with van der Waals surface area (Å²) in [5.74, 6) is -0.173. The zero-order chi connectivity index (χ0) is 12.7. The fourth-order valence-electron chi connectivity index (χ4n) is 1.70. The Bertz CT molecular complexity index is 360. The summed E-state index contributed by atoms with van der Waals surface area (Å²) >= 11 is 0. The van der Waals surface area contributed by atoms with Gasteiger partial charge in [0.1, 0.15) is 0 Å². The van der Waals surface area contributed by atoms with Crippen LogP contribution in [0.25, 0.3) is 0 Å². The lowest BCUT2D eigenvalue weighted by Crippen LogP contribution is -2.03. The molecule has 0 amide bonds. The first-order valence-electron chi connectivity index (χ1n) is 5.94. The first-order chi connectivity index (χ1) is 8.17. The summed E-state index contributed by atoms with van der Waals surface area (Å²) in [5, 5.41) is 0. The Morgan fingerprint density at radius 2 is 2.18 bits per heavy atom. The van der Waals surface area contributed by atoms with Crippen LogP contribution in [-0.2, 0) is 20.7 Å². The van der Waals surface area contributed by atoms with E-state index in [0.717, 1.165) is 11.1 Å². The van der Waals surface area contributed by atoms with E-state index in [2.05, 4.69) is 10.8 Å². The Morgan fingerprint density at radius 3 is 2.82 bits per heavy atom. The summed E-state index contributed by atoms with van der Waals surface area (Å²) in [7, 11) is 1.41. The highest BCUT2D eigenvalue weighted by Crippen LogP contribution is 2.18. The van der Waals surface area contributed by atoms with Crippen molar-refractivity contribution in [3.05, 3.63) is 35.4 Å². The largest absolute Gasteiger partial charge is 0.469 e. The summed E-state index contributed by atoms with van der Waals surface area (Å²) in [6.45, 7) is 4.72. The van der Waals surface area contributed by atoms with Crippen LogP contribution in [0.1, 0.15) is 37.5 Å². The van der Waals surface area contributed by atoms with E-state index in [1.54, 1.807) is 0 Å². The summed E-state index contributed by atoms with van der Waals surface area (Å²) in [6.07, 6.45) is 1.22. The highest BCUT2D eigenvalue weighted by atomic mass is 16.5. The summed E-state index contributed by atoms with van der Waals surface area (Å²) in [5.41, 5.74) is 2.29. The van der Waals surface area contributed by atoms with Gasteiger partial charge in [0.05, 0.1) is 13.2 Å². The van der Waals surface area contributed by atoms with Gasteiger partial charge in [0.2, 0.25) is 0 Å². The van der Waals surface area contributed by atoms with Crippen LogP contribution >= 0.6 is 0 Å². The molecular formula is C14H20O3. The Morgan fingerprint density at radius 1 is 1.41 bits per heavy atom. The number of carbonyl (C=O) groups is 1. The van der Waals surface area contributed by atoms with Crippen molar-refractivity contribution in [2.75, 3.05) is 13.7 Å². The molecular weight excluding hydrogens is 216 g/mol. The maximum absolute atomic E-state index is 11.1. The van der Waals surface area contributed by atoms with Crippen molar-refractivity contribution < 1.29 is 14.3 Å². The van der Waals surface area contributed by atoms with Crippen molar-refractivity contribution in [2.24, 2.45) is 0 Å². The molecule has 17 heavy (non-hydrogen) atoms. The van der Waals surface area contributed by atoms with Crippen LogP contribution < -0.4 is 0 Å². The van der Waals surface area contributed by atoms with E-state index in [-0.39, 0.29) is 12.1 Å².